The molecule has 7 heteroatoms. The molecule has 3 rings (SSSR count). The monoisotopic (exact) mass is 383 g/mol. The topological polar surface area (TPSA) is 84.2 Å². The van der Waals surface area contributed by atoms with Gasteiger partial charge in [-0.3, -0.25) is 9.59 Å². The number of carbonyl (C=O) groups is 2. The molecule has 1 aromatic rings. The minimum Gasteiger partial charge on any atom is -0.348 e. The lowest BCUT2D eigenvalue weighted by Gasteiger charge is -2.30. The van der Waals surface area contributed by atoms with Crippen LogP contribution in [0, 0.1) is 5.92 Å². The van der Waals surface area contributed by atoms with Crippen LogP contribution >= 0.6 is 24.2 Å². The van der Waals surface area contributed by atoms with Crippen LogP contribution in [0.15, 0.2) is 23.1 Å². The number of hydrogen-bond acceptors (Lipinski definition) is 4. The maximum Gasteiger partial charge on any atom is 0.251 e. The lowest BCUT2D eigenvalue weighted by molar-refractivity contribution is -0.115. The fourth-order valence-electron chi connectivity index (χ4n) is 3.52. The molecule has 25 heavy (non-hydrogen) atoms. The lowest BCUT2D eigenvalue weighted by atomic mass is 9.84. The van der Waals surface area contributed by atoms with Crippen molar-refractivity contribution in [2.75, 3.05) is 17.6 Å². The van der Waals surface area contributed by atoms with Gasteiger partial charge in [-0.25, -0.2) is 0 Å². The molecule has 0 spiro atoms. The summed E-state index contributed by atoms with van der Waals surface area (Å²) in [5, 5.41) is 5.99. The Hall–Kier alpha value is -1.24. The quantitative estimate of drug-likeness (QED) is 0.745. The van der Waals surface area contributed by atoms with Crippen molar-refractivity contribution < 1.29 is 9.59 Å². The second-order valence-electron chi connectivity index (χ2n) is 6.57. The van der Waals surface area contributed by atoms with Gasteiger partial charge < -0.3 is 16.4 Å². The number of halogens is 1. The Kier molecular flexibility index (Phi) is 7.59. The minimum absolute atomic E-state index is 0. The van der Waals surface area contributed by atoms with E-state index in [-0.39, 0.29) is 30.3 Å². The molecule has 1 aromatic carbocycles. The van der Waals surface area contributed by atoms with E-state index in [0.717, 1.165) is 29.2 Å². The van der Waals surface area contributed by atoms with E-state index in [9.17, 15) is 9.59 Å². The second-order valence-corrected chi connectivity index (χ2v) is 7.71. The summed E-state index contributed by atoms with van der Waals surface area (Å²) in [6.07, 6.45) is 6.50. The van der Waals surface area contributed by atoms with E-state index in [1.165, 1.54) is 19.3 Å². The van der Waals surface area contributed by atoms with Crippen molar-refractivity contribution in [1.29, 1.82) is 0 Å². The summed E-state index contributed by atoms with van der Waals surface area (Å²) in [5.74, 6) is 1.13. The number of benzene rings is 1. The van der Waals surface area contributed by atoms with Gasteiger partial charge in [0, 0.05) is 35.2 Å². The molecule has 0 radical (unpaired) electrons. The van der Waals surface area contributed by atoms with Gasteiger partial charge in [-0.2, -0.15) is 0 Å². The standard InChI is InChI=1S/C18H25N3O2S.ClH/c19-11-15(12-4-2-1-3-5-12)21-18(23)13-6-7-16-14(10-13)20-17(22)8-9-24-16;/h6-7,10,12,15H,1-5,8-9,11,19H2,(H,20,22)(H,21,23);1H. The summed E-state index contributed by atoms with van der Waals surface area (Å²) in [7, 11) is 0. The third-order valence-corrected chi connectivity index (χ3v) is 5.97. The third kappa shape index (κ3) is 5.12. The molecule has 1 aliphatic carbocycles. The van der Waals surface area contributed by atoms with Crippen LogP contribution in [-0.2, 0) is 4.79 Å². The number of thioether (sulfide) groups is 1. The van der Waals surface area contributed by atoms with Crippen LogP contribution in [0.1, 0.15) is 48.9 Å². The average molecular weight is 384 g/mol. The molecule has 1 fully saturated rings. The van der Waals surface area contributed by atoms with Gasteiger partial charge in [-0.05, 0) is 37.0 Å². The van der Waals surface area contributed by atoms with Crippen molar-refractivity contribution >= 4 is 41.7 Å². The van der Waals surface area contributed by atoms with Crippen LogP contribution < -0.4 is 16.4 Å². The highest BCUT2D eigenvalue weighted by Gasteiger charge is 2.25. The van der Waals surface area contributed by atoms with Gasteiger partial charge in [0.2, 0.25) is 5.91 Å². The fraction of sp³-hybridized carbons (Fsp3) is 0.556. The number of anilines is 1. The van der Waals surface area contributed by atoms with Crippen LogP contribution in [0.5, 0.6) is 0 Å². The van der Waals surface area contributed by atoms with Gasteiger partial charge in [0.05, 0.1) is 5.69 Å². The maximum atomic E-state index is 12.6. The molecule has 1 heterocycles. The number of fused-ring (bicyclic) bond motifs is 1. The van der Waals surface area contributed by atoms with E-state index in [1.807, 2.05) is 12.1 Å². The molecule has 4 N–H and O–H groups in total. The van der Waals surface area contributed by atoms with Crippen LogP contribution in [0.4, 0.5) is 5.69 Å². The number of carbonyl (C=O) groups excluding carboxylic acids is 2. The number of nitrogens with one attached hydrogen (secondary N) is 2. The Morgan fingerprint density at radius 1 is 1.32 bits per heavy atom. The molecular weight excluding hydrogens is 358 g/mol. The molecule has 1 aliphatic heterocycles. The van der Waals surface area contributed by atoms with Gasteiger partial charge in [0.15, 0.2) is 0 Å². The van der Waals surface area contributed by atoms with Crippen LogP contribution in [0.3, 0.4) is 0 Å². The van der Waals surface area contributed by atoms with Gasteiger partial charge in [0.1, 0.15) is 0 Å². The zero-order valence-electron chi connectivity index (χ0n) is 14.3. The van der Waals surface area contributed by atoms with Gasteiger partial charge in [-0.15, -0.1) is 24.2 Å². The summed E-state index contributed by atoms with van der Waals surface area (Å²) >= 11 is 1.64. The molecule has 1 atom stereocenters. The number of amides is 2. The van der Waals surface area contributed by atoms with E-state index in [2.05, 4.69) is 10.6 Å². The molecule has 0 bridgehead atoms. The van der Waals surface area contributed by atoms with Crippen molar-refractivity contribution in [2.24, 2.45) is 11.7 Å². The first-order chi connectivity index (χ1) is 11.7. The predicted octanol–water partition coefficient (Wildman–Crippen LogP) is 3.18. The van der Waals surface area contributed by atoms with E-state index in [4.69, 9.17) is 5.73 Å². The Labute approximate surface area is 159 Å². The van der Waals surface area contributed by atoms with E-state index in [0.29, 0.717) is 24.4 Å². The number of nitrogens with two attached hydrogens (primary N) is 1. The first-order valence-electron chi connectivity index (χ1n) is 8.75. The SMILES string of the molecule is Cl.NCC(NC(=O)c1ccc2c(c1)NC(=O)CCS2)C1CCCCC1. The minimum atomic E-state index is -0.109. The smallest absolute Gasteiger partial charge is 0.251 e. The molecule has 2 amide bonds. The normalized spacial score (nSPS) is 19.0. The molecular formula is C18H26ClN3O2S. The van der Waals surface area contributed by atoms with E-state index in [1.54, 1.807) is 17.8 Å². The molecule has 0 saturated heterocycles. The van der Waals surface area contributed by atoms with Crippen molar-refractivity contribution in [3.63, 3.8) is 0 Å². The molecule has 0 aromatic heterocycles. The first-order valence-corrected chi connectivity index (χ1v) is 9.73. The zero-order chi connectivity index (χ0) is 16.9. The highest BCUT2D eigenvalue weighted by Crippen LogP contribution is 2.32. The summed E-state index contributed by atoms with van der Waals surface area (Å²) in [6, 6.07) is 5.54. The molecule has 2 aliphatic rings. The summed E-state index contributed by atoms with van der Waals surface area (Å²) in [6.45, 7) is 0.466. The van der Waals surface area contributed by atoms with Gasteiger partial charge >= 0.3 is 0 Å². The largest absolute Gasteiger partial charge is 0.348 e. The number of hydrogen-bond donors (Lipinski definition) is 3. The fourth-order valence-corrected chi connectivity index (χ4v) is 4.46. The van der Waals surface area contributed by atoms with Crippen molar-refractivity contribution in [1.82, 2.24) is 5.32 Å². The van der Waals surface area contributed by atoms with Crippen molar-refractivity contribution in [3.05, 3.63) is 23.8 Å². The summed E-state index contributed by atoms with van der Waals surface area (Å²) < 4.78 is 0. The molecule has 138 valence electrons. The van der Waals surface area contributed by atoms with E-state index >= 15 is 0 Å². The first kappa shape index (κ1) is 20.1. The number of rotatable bonds is 4. The molecule has 1 unspecified atom stereocenters. The predicted molar refractivity (Wildman–Crippen MR) is 105 cm³/mol. The van der Waals surface area contributed by atoms with Crippen molar-refractivity contribution in [3.8, 4) is 0 Å². The maximum absolute atomic E-state index is 12.6. The Morgan fingerprint density at radius 3 is 2.80 bits per heavy atom. The Morgan fingerprint density at radius 2 is 2.08 bits per heavy atom. The van der Waals surface area contributed by atoms with Crippen LogP contribution in [0.25, 0.3) is 0 Å². The van der Waals surface area contributed by atoms with Crippen LogP contribution in [-0.4, -0.2) is 30.2 Å². The Bertz CT molecular complexity index is 620. The van der Waals surface area contributed by atoms with Crippen LogP contribution in [0.2, 0.25) is 0 Å². The van der Waals surface area contributed by atoms with E-state index < -0.39 is 0 Å². The zero-order valence-corrected chi connectivity index (χ0v) is 15.9. The summed E-state index contributed by atoms with van der Waals surface area (Å²) in [5.41, 5.74) is 7.21. The Balaban J connectivity index is 0.00000225. The third-order valence-electron chi connectivity index (χ3n) is 4.89. The van der Waals surface area contributed by atoms with Gasteiger partial charge in [0.25, 0.3) is 5.91 Å². The van der Waals surface area contributed by atoms with Gasteiger partial charge in [-0.1, -0.05) is 19.3 Å². The lowest BCUT2D eigenvalue weighted by Crippen LogP contribution is -2.45. The highest BCUT2D eigenvalue weighted by atomic mass is 35.5. The second kappa shape index (κ2) is 9.46. The molecule has 1 saturated carbocycles. The highest BCUT2D eigenvalue weighted by molar-refractivity contribution is 7.99. The summed E-state index contributed by atoms with van der Waals surface area (Å²) in [4.78, 5) is 25.4. The van der Waals surface area contributed by atoms with Crippen molar-refractivity contribution in [2.45, 2.75) is 49.5 Å². The average Bonchev–Trinajstić information content (AvgIpc) is 2.80. The molecule has 5 nitrogen and oxygen atoms in total.